The number of benzene rings is 1. The Balaban J connectivity index is 2.27. The average molecular weight is 249 g/mol. The maximum atomic E-state index is 11.7. The van der Waals surface area contributed by atoms with E-state index in [1.807, 2.05) is 44.1 Å². The lowest BCUT2D eigenvalue weighted by molar-refractivity contribution is -0.122. The molecular formula is C14H23N3O. The first-order valence-corrected chi connectivity index (χ1v) is 6.28. The van der Waals surface area contributed by atoms with E-state index < -0.39 is 0 Å². The zero-order chi connectivity index (χ0) is 13.4. The van der Waals surface area contributed by atoms with Crippen LogP contribution in [0.5, 0.6) is 0 Å². The Morgan fingerprint density at radius 2 is 2.00 bits per heavy atom. The molecule has 1 aromatic carbocycles. The van der Waals surface area contributed by atoms with Crippen molar-refractivity contribution in [1.29, 1.82) is 0 Å². The van der Waals surface area contributed by atoms with E-state index in [9.17, 15) is 4.79 Å². The second kappa shape index (κ2) is 7.84. The van der Waals surface area contributed by atoms with Crippen molar-refractivity contribution in [3.8, 4) is 0 Å². The topological polar surface area (TPSA) is 44.4 Å². The Bertz CT molecular complexity index is 353. The van der Waals surface area contributed by atoms with E-state index in [-0.39, 0.29) is 5.91 Å². The van der Waals surface area contributed by atoms with Crippen LogP contribution in [0, 0.1) is 0 Å². The van der Waals surface area contributed by atoms with E-state index in [1.165, 1.54) is 5.56 Å². The zero-order valence-corrected chi connectivity index (χ0v) is 11.4. The quantitative estimate of drug-likeness (QED) is 0.753. The van der Waals surface area contributed by atoms with Crippen LogP contribution < -0.4 is 10.6 Å². The molecule has 0 heterocycles. The molecule has 1 atom stereocenters. The van der Waals surface area contributed by atoms with Crippen molar-refractivity contribution < 1.29 is 4.79 Å². The second-order valence-corrected chi connectivity index (χ2v) is 4.65. The number of nitrogens with zero attached hydrogens (tertiary/aromatic N) is 1. The molecule has 0 spiro atoms. The molecule has 1 rings (SSSR count). The van der Waals surface area contributed by atoms with Crippen molar-refractivity contribution in [1.82, 2.24) is 15.5 Å². The fourth-order valence-electron chi connectivity index (χ4n) is 1.62. The molecule has 0 saturated carbocycles. The third kappa shape index (κ3) is 5.80. The van der Waals surface area contributed by atoms with Crippen LogP contribution in [-0.2, 0) is 11.3 Å². The molecule has 1 amide bonds. The first-order chi connectivity index (χ1) is 8.61. The van der Waals surface area contributed by atoms with Gasteiger partial charge in [0.05, 0.1) is 6.54 Å². The van der Waals surface area contributed by atoms with Gasteiger partial charge < -0.3 is 10.6 Å². The minimum absolute atomic E-state index is 0.0653. The number of carbonyl (C=O) groups is 1. The normalized spacial score (nSPS) is 12.4. The summed E-state index contributed by atoms with van der Waals surface area (Å²) in [4.78, 5) is 13.7. The van der Waals surface area contributed by atoms with Gasteiger partial charge in [0.25, 0.3) is 0 Å². The van der Waals surface area contributed by atoms with Crippen LogP contribution in [0.1, 0.15) is 12.5 Å². The van der Waals surface area contributed by atoms with E-state index in [0.717, 1.165) is 6.54 Å². The summed E-state index contributed by atoms with van der Waals surface area (Å²) in [5.74, 6) is 0.0653. The lowest BCUT2D eigenvalue weighted by Gasteiger charge is -2.17. The number of carbonyl (C=O) groups excluding carboxylic acids is 1. The van der Waals surface area contributed by atoms with Gasteiger partial charge in [0, 0.05) is 19.1 Å². The summed E-state index contributed by atoms with van der Waals surface area (Å²) in [7, 11) is 3.84. The van der Waals surface area contributed by atoms with Crippen molar-refractivity contribution in [2.75, 3.05) is 27.2 Å². The van der Waals surface area contributed by atoms with Gasteiger partial charge in [0.1, 0.15) is 0 Å². The number of nitrogens with one attached hydrogen (secondary N) is 2. The van der Waals surface area contributed by atoms with E-state index >= 15 is 0 Å². The number of rotatable bonds is 7. The number of amides is 1. The summed E-state index contributed by atoms with van der Waals surface area (Å²) in [5.41, 5.74) is 1.22. The molecule has 0 aliphatic heterocycles. The monoisotopic (exact) mass is 249 g/mol. The molecule has 0 fully saturated rings. The van der Waals surface area contributed by atoms with Gasteiger partial charge in [-0.15, -0.1) is 0 Å². The smallest absolute Gasteiger partial charge is 0.234 e. The minimum atomic E-state index is 0.0653. The van der Waals surface area contributed by atoms with Crippen molar-refractivity contribution in [2.24, 2.45) is 0 Å². The molecule has 0 bridgehead atoms. The van der Waals surface area contributed by atoms with E-state index in [0.29, 0.717) is 19.1 Å². The van der Waals surface area contributed by atoms with Gasteiger partial charge in [0.15, 0.2) is 0 Å². The number of hydrogen-bond donors (Lipinski definition) is 2. The Morgan fingerprint density at radius 3 is 2.61 bits per heavy atom. The zero-order valence-electron chi connectivity index (χ0n) is 11.4. The van der Waals surface area contributed by atoms with Gasteiger partial charge in [0.2, 0.25) is 5.91 Å². The number of hydrogen-bond acceptors (Lipinski definition) is 3. The summed E-state index contributed by atoms with van der Waals surface area (Å²) in [6.45, 7) is 3.91. The Hall–Kier alpha value is -1.39. The van der Waals surface area contributed by atoms with Crippen LogP contribution in [0.3, 0.4) is 0 Å². The molecule has 1 unspecified atom stereocenters. The molecule has 0 aromatic heterocycles. The number of likely N-dealkylation sites (N-methyl/N-ethyl adjacent to an activating group) is 2. The van der Waals surface area contributed by atoms with Gasteiger partial charge in [-0.3, -0.25) is 9.69 Å². The molecule has 0 aliphatic rings. The predicted molar refractivity (Wildman–Crippen MR) is 74.3 cm³/mol. The Kier molecular flexibility index (Phi) is 6.39. The van der Waals surface area contributed by atoms with Crippen molar-refractivity contribution in [3.05, 3.63) is 35.9 Å². The van der Waals surface area contributed by atoms with Crippen LogP contribution in [0.2, 0.25) is 0 Å². The summed E-state index contributed by atoms with van der Waals surface area (Å²) in [6, 6.07) is 10.5. The SMILES string of the molecule is CNC(C)CNC(=O)CN(C)Cc1ccccc1. The predicted octanol–water partition coefficient (Wildman–Crippen LogP) is 0.843. The van der Waals surface area contributed by atoms with E-state index in [1.54, 1.807) is 0 Å². The maximum Gasteiger partial charge on any atom is 0.234 e. The van der Waals surface area contributed by atoms with Crippen molar-refractivity contribution in [2.45, 2.75) is 19.5 Å². The molecule has 4 nitrogen and oxygen atoms in total. The van der Waals surface area contributed by atoms with Crippen LogP contribution >= 0.6 is 0 Å². The lowest BCUT2D eigenvalue weighted by atomic mass is 10.2. The molecule has 0 radical (unpaired) electrons. The molecule has 4 heteroatoms. The van der Waals surface area contributed by atoms with Gasteiger partial charge >= 0.3 is 0 Å². The fraction of sp³-hybridized carbons (Fsp3) is 0.500. The molecule has 100 valence electrons. The highest BCUT2D eigenvalue weighted by Crippen LogP contribution is 2.01. The van der Waals surface area contributed by atoms with Gasteiger partial charge in [-0.25, -0.2) is 0 Å². The average Bonchev–Trinajstić information content (AvgIpc) is 2.37. The summed E-state index contributed by atoms with van der Waals surface area (Å²) >= 11 is 0. The highest BCUT2D eigenvalue weighted by atomic mass is 16.2. The van der Waals surface area contributed by atoms with E-state index in [2.05, 4.69) is 22.8 Å². The highest BCUT2D eigenvalue weighted by molar-refractivity contribution is 5.78. The van der Waals surface area contributed by atoms with Gasteiger partial charge in [-0.2, -0.15) is 0 Å². The van der Waals surface area contributed by atoms with E-state index in [4.69, 9.17) is 0 Å². The molecule has 0 aliphatic carbocycles. The second-order valence-electron chi connectivity index (χ2n) is 4.65. The lowest BCUT2D eigenvalue weighted by Crippen LogP contribution is -2.41. The molecule has 1 aromatic rings. The fourth-order valence-corrected chi connectivity index (χ4v) is 1.62. The third-order valence-corrected chi connectivity index (χ3v) is 2.81. The first-order valence-electron chi connectivity index (χ1n) is 6.28. The van der Waals surface area contributed by atoms with Gasteiger partial charge in [-0.1, -0.05) is 30.3 Å². The first kappa shape index (κ1) is 14.7. The molecule has 0 saturated heterocycles. The molecule has 2 N–H and O–H groups in total. The highest BCUT2D eigenvalue weighted by Gasteiger charge is 2.07. The summed E-state index contributed by atoms with van der Waals surface area (Å²) in [6.07, 6.45) is 0. The van der Waals surface area contributed by atoms with Crippen LogP contribution in [0.25, 0.3) is 0 Å². The molecular weight excluding hydrogens is 226 g/mol. The van der Waals surface area contributed by atoms with Gasteiger partial charge in [-0.05, 0) is 26.6 Å². The van der Waals surface area contributed by atoms with Crippen LogP contribution in [0.15, 0.2) is 30.3 Å². The van der Waals surface area contributed by atoms with Crippen molar-refractivity contribution >= 4 is 5.91 Å². The van der Waals surface area contributed by atoms with Crippen molar-refractivity contribution in [3.63, 3.8) is 0 Å². The maximum absolute atomic E-state index is 11.7. The largest absolute Gasteiger partial charge is 0.353 e. The standard InChI is InChI=1S/C14H23N3O/c1-12(15-2)9-16-14(18)11-17(3)10-13-7-5-4-6-8-13/h4-8,12,15H,9-11H2,1-3H3,(H,16,18). The summed E-state index contributed by atoms with van der Waals surface area (Å²) in [5, 5.41) is 5.99. The Morgan fingerprint density at radius 1 is 1.33 bits per heavy atom. The van der Waals surface area contributed by atoms with Crippen LogP contribution in [-0.4, -0.2) is 44.0 Å². The molecule has 18 heavy (non-hydrogen) atoms. The summed E-state index contributed by atoms with van der Waals surface area (Å²) < 4.78 is 0. The Labute approximate surface area is 109 Å². The third-order valence-electron chi connectivity index (χ3n) is 2.81. The van der Waals surface area contributed by atoms with Crippen LogP contribution in [0.4, 0.5) is 0 Å². The minimum Gasteiger partial charge on any atom is -0.353 e.